The molecule has 0 aliphatic rings. The van der Waals surface area contributed by atoms with Crippen LogP contribution in [0.4, 0.5) is 9.93 Å². The number of hydrogen-bond donors (Lipinski definition) is 3. The maximum atomic E-state index is 11.8. The van der Waals surface area contributed by atoms with Crippen molar-refractivity contribution in [1.29, 1.82) is 0 Å². The number of aromatic nitrogens is 2. The average molecular weight is 334 g/mol. The van der Waals surface area contributed by atoms with Crippen molar-refractivity contribution in [2.45, 2.75) is 26.8 Å². The van der Waals surface area contributed by atoms with Gasteiger partial charge < -0.3 is 10.4 Å². The normalized spacial score (nSPS) is 10.6. The van der Waals surface area contributed by atoms with E-state index in [4.69, 9.17) is 5.11 Å². The Morgan fingerprint density at radius 1 is 1.22 bits per heavy atom. The number of carbonyl (C=O) groups excluding carboxylic acids is 1. The van der Waals surface area contributed by atoms with E-state index in [1.807, 2.05) is 0 Å². The number of carboxylic acids is 1. The lowest BCUT2D eigenvalue weighted by molar-refractivity contribution is 0.0697. The highest BCUT2D eigenvalue weighted by atomic mass is 32.1. The van der Waals surface area contributed by atoms with Gasteiger partial charge in [0.1, 0.15) is 5.01 Å². The fourth-order valence-corrected chi connectivity index (χ4v) is 2.77. The summed E-state index contributed by atoms with van der Waals surface area (Å²) in [6.45, 7) is 4.48. The van der Waals surface area contributed by atoms with Crippen LogP contribution in [0.25, 0.3) is 0 Å². The Morgan fingerprint density at radius 3 is 2.52 bits per heavy atom. The third-order valence-corrected chi connectivity index (χ3v) is 3.79. The minimum Gasteiger partial charge on any atom is -0.478 e. The molecule has 3 N–H and O–H groups in total. The lowest BCUT2D eigenvalue weighted by Gasteiger charge is -2.05. The highest BCUT2D eigenvalue weighted by molar-refractivity contribution is 7.15. The Bertz CT molecular complexity index is 682. The van der Waals surface area contributed by atoms with Crippen LogP contribution in [0.15, 0.2) is 24.3 Å². The third-order valence-electron chi connectivity index (χ3n) is 2.92. The first kappa shape index (κ1) is 16.9. The van der Waals surface area contributed by atoms with Gasteiger partial charge in [-0.1, -0.05) is 37.3 Å². The van der Waals surface area contributed by atoms with Crippen LogP contribution >= 0.6 is 11.3 Å². The maximum absolute atomic E-state index is 11.8. The van der Waals surface area contributed by atoms with Crippen LogP contribution in [0, 0.1) is 5.92 Å². The predicted molar refractivity (Wildman–Crippen MR) is 87.7 cm³/mol. The summed E-state index contributed by atoms with van der Waals surface area (Å²) in [5, 5.41) is 23.4. The monoisotopic (exact) mass is 334 g/mol. The first-order valence-corrected chi connectivity index (χ1v) is 7.95. The van der Waals surface area contributed by atoms with Gasteiger partial charge >= 0.3 is 12.0 Å². The smallest absolute Gasteiger partial charge is 0.335 e. The SMILES string of the molecule is CC(C)Cc1nnc(NC(=O)NCc2ccc(C(=O)O)cc2)s1. The second-order valence-corrected chi connectivity index (χ2v) is 6.47. The number of amides is 2. The van der Waals surface area contributed by atoms with E-state index in [2.05, 4.69) is 34.7 Å². The molecule has 0 saturated carbocycles. The Morgan fingerprint density at radius 2 is 1.91 bits per heavy atom. The molecule has 0 unspecified atom stereocenters. The number of anilines is 1. The van der Waals surface area contributed by atoms with Crippen molar-refractivity contribution < 1.29 is 14.7 Å². The molecule has 1 aromatic carbocycles. The predicted octanol–water partition coefficient (Wildman–Crippen LogP) is 2.76. The van der Waals surface area contributed by atoms with Crippen molar-refractivity contribution in [2.75, 3.05) is 5.32 Å². The number of rotatable bonds is 6. The van der Waals surface area contributed by atoms with Gasteiger partial charge in [-0.3, -0.25) is 5.32 Å². The van der Waals surface area contributed by atoms with E-state index >= 15 is 0 Å². The third kappa shape index (κ3) is 5.33. The second-order valence-electron chi connectivity index (χ2n) is 5.41. The van der Waals surface area contributed by atoms with Crippen LogP contribution in [0.1, 0.15) is 34.8 Å². The number of carboxylic acid groups (broad SMARTS) is 1. The van der Waals surface area contributed by atoms with E-state index in [0.717, 1.165) is 17.0 Å². The fraction of sp³-hybridized carbons (Fsp3) is 0.333. The first-order chi connectivity index (χ1) is 10.9. The summed E-state index contributed by atoms with van der Waals surface area (Å²) >= 11 is 1.36. The largest absolute Gasteiger partial charge is 0.478 e. The number of aromatic carboxylic acids is 1. The molecule has 2 amide bonds. The average Bonchev–Trinajstić information content (AvgIpc) is 2.91. The Labute approximate surface area is 137 Å². The van der Waals surface area contributed by atoms with E-state index < -0.39 is 5.97 Å². The van der Waals surface area contributed by atoms with Gasteiger partial charge in [0, 0.05) is 13.0 Å². The topological polar surface area (TPSA) is 104 Å². The van der Waals surface area contributed by atoms with Crippen LogP contribution in [0.2, 0.25) is 0 Å². The molecule has 0 atom stereocenters. The zero-order valence-electron chi connectivity index (χ0n) is 12.9. The molecular weight excluding hydrogens is 316 g/mol. The molecule has 0 bridgehead atoms. The zero-order chi connectivity index (χ0) is 16.8. The first-order valence-electron chi connectivity index (χ1n) is 7.13. The maximum Gasteiger partial charge on any atom is 0.335 e. The van der Waals surface area contributed by atoms with Crippen LogP contribution in [0.3, 0.4) is 0 Å². The van der Waals surface area contributed by atoms with Crippen molar-refractivity contribution in [1.82, 2.24) is 15.5 Å². The summed E-state index contributed by atoms with van der Waals surface area (Å²) in [6, 6.07) is 5.95. The second kappa shape index (κ2) is 7.68. The van der Waals surface area contributed by atoms with Crippen LogP contribution in [-0.2, 0) is 13.0 Å². The van der Waals surface area contributed by atoms with Crippen LogP contribution in [0.5, 0.6) is 0 Å². The van der Waals surface area contributed by atoms with Crippen molar-refractivity contribution in [3.05, 3.63) is 40.4 Å². The Hall–Kier alpha value is -2.48. The number of benzene rings is 1. The number of carbonyl (C=O) groups is 2. The summed E-state index contributed by atoms with van der Waals surface area (Å²) in [5.74, 6) is -0.492. The Balaban J connectivity index is 1.82. The number of nitrogens with zero attached hydrogens (tertiary/aromatic N) is 2. The molecule has 23 heavy (non-hydrogen) atoms. The molecule has 1 aromatic heterocycles. The quantitative estimate of drug-likeness (QED) is 0.753. The minimum absolute atomic E-state index is 0.213. The molecule has 0 fully saturated rings. The molecule has 1 heterocycles. The minimum atomic E-state index is -0.976. The van der Waals surface area contributed by atoms with Crippen molar-refractivity contribution in [3.63, 3.8) is 0 Å². The number of hydrogen-bond acceptors (Lipinski definition) is 5. The van der Waals surface area contributed by atoms with E-state index in [9.17, 15) is 9.59 Å². The lowest BCUT2D eigenvalue weighted by Crippen LogP contribution is -2.28. The fourth-order valence-electron chi connectivity index (χ4n) is 1.82. The number of nitrogens with one attached hydrogen (secondary N) is 2. The van der Waals surface area contributed by atoms with Gasteiger partial charge in [-0.25, -0.2) is 9.59 Å². The van der Waals surface area contributed by atoms with Crippen LogP contribution in [-0.4, -0.2) is 27.3 Å². The van der Waals surface area contributed by atoms with E-state index in [-0.39, 0.29) is 11.6 Å². The van der Waals surface area contributed by atoms with Gasteiger partial charge in [-0.2, -0.15) is 0 Å². The molecule has 2 aromatic rings. The summed E-state index contributed by atoms with van der Waals surface area (Å²) in [6.07, 6.45) is 0.830. The molecular formula is C15H18N4O3S. The Kier molecular flexibility index (Phi) is 5.64. The summed E-state index contributed by atoms with van der Waals surface area (Å²) in [4.78, 5) is 22.6. The molecule has 0 radical (unpaired) electrons. The molecule has 2 rings (SSSR count). The van der Waals surface area contributed by atoms with Gasteiger partial charge in [0.15, 0.2) is 0 Å². The van der Waals surface area contributed by atoms with Crippen LogP contribution < -0.4 is 10.6 Å². The van der Waals surface area contributed by atoms with Crippen molar-refractivity contribution >= 4 is 28.5 Å². The van der Waals surface area contributed by atoms with E-state index in [1.54, 1.807) is 12.1 Å². The van der Waals surface area contributed by atoms with Crippen molar-refractivity contribution in [2.24, 2.45) is 5.92 Å². The summed E-state index contributed by atoms with van der Waals surface area (Å²) < 4.78 is 0. The standard InChI is InChI=1S/C15H18N4O3S/c1-9(2)7-12-18-19-15(23-12)17-14(22)16-8-10-3-5-11(6-4-10)13(20)21/h3-6,9H,7-8H2,1-2H3,(H,20,21)(H2,16,17,19,22). The molecule has 8 heteroatoms. The van der Waals surface area contributed by atoms with Gasteiger partial charge in [-0.15, -0.1) is 10.2 Å². The molecule has 0 saturated heterocycles. The van der Waals surface area contributed by atoms with E-state index in [0.29, 0.717) is 17.6 Å². The van der Waals surface area contributed by atoms with Gasteiger partial charge in [0.25, 0.3) is 0 Å². The molecule has 7 nitrogen and oxygen atoms in total. The van der Waals surface area contributed by atoms with Gasteiger partial charge in [0.2, 0.25) is 5.13 Å². The van der Waals surface area contributed by atoms with Gasteiger partial charge in [-0.05, 0) is 23.6 Å². The highest BCUT2D eigenvalue weighted by Gasteiger charge is 2.09. The molecule has 122 valence electrons. The highest BCUT2D eigenvalue weighted by Crippen LogP contribution is 2.18. The van der Waals surface area contributed by atoms with E-state index in [1.165, 1.54) is 23.5 Å². The number of urea groups is 1. The molecule has 0 aliphatic heterocycles. The molecule has 0 spiro atoms. The lowest BCUT2D eigenvalue weighted by atomic mass is 10.1. The van der Waals surface area contributed by atoms with Crippen molar-refractivity contribution in [3.8, 4) is 0 Å². The molecule has 0 aliphatic carbocycles. The van der Waals surface area contributed by atoms with Gasteiger partial charge in [0.05, 0.1) is 5.56 Å². The summed E-state index contributed by atoms with van der Waals surface area (Å²) in [5.41, 5.74) is 1.02. The zero-order valence-corrected chi connectivity index (χ0v) is 13.7. The summed E-state index contributed by atoms with van der Waals surface area (Å²) in [7, 11) is 0.